The van der Waals surface area contributed by atoms with E-state index in [9.17, 15) is 9.59 Å². The Morgan fingerprint density at radius 3 is 2.31 bits per heavy atom. The largest absolute Gasteiger partial charge is 0.459 e. The Morgan fingerprint density at radius 1 is 1.31 bits per heavy atom. The molecule has 13 heavy (non-hydrogen) atoms. The average Bonchev–Trinajstić information content (AvgIpc) is 2.33. The lowest BCUT2D eigenvalue weighted by Crippen LogP contribution is -2.28. The Morgan fingerprint density at radius 2 is 1.85 bits per heavy atom. The summed E-state index contributed by atoms with van der Waals surface area (Å²) in [7, 11) is 0. The van der Waals surface area contributed by atoms with Gasteiger partial charge in [-0.1, -0.05) is 0 Å². The van der Waals surface area contributed by atoms with Crippen molar-refractivity contribution in [1.29, 1.82) is 0 Å². The third kappa shape index (κ3) is 3.17. The SMILES string of the molecule is CC(=O)CC(=O)OC1(C)CCCC1. The van der Waals surface area contributed by atoms with E-state index in [1.54, 1.807) is 0 Å². The molecule has 1 aliphatic rings. The van der Waals surface area contributed by atoms with E-state index in [0.29, 0.717) is 0 Å². The van der Waals surface area contributed by atoms with E-state index in [0.717, 1.165) is 25.7 Å². The molecular formula is C10H16O3. The highest BCUT2D eigenvalue weighted by atomic mass is 16.6. The van der Waals surface area contributed by atoms with Crippen LogP contribution in [0.2, 0.25) is 0 Å². The highest BCUT2D eigenvalue weighted by Gasteiger charge is 2.32. The lowest BCUT2D eigenvalue weighted by atomic mass is 10.1. The van der Waals surface area contributed by atoms with Crippen molar-refractivity contribution >= 4 is 11.8 Å². The summed E-state index contributed by atoms with van der Waals surface area (Å²) in [5.74, 6) is -0.511. The summed E-state index contributed by atoms with van der Waals surface area (Å²) in [4.78, 5) is 21.8. The first-order chi connectivity index (χ1) is 6.02. The average molecular weight is 184 g/mol. The fraction of sp³-hybridized carbons (Fsp3) is 0.800. The highest BCUT2D eigenvalue weighted by Crippen LogP contribution is 2.32. The van der Waals surface area contributed by atoms with Crippen LogP contribution in [0, 0.1) is 0 Å². The lowest BCUT2D eigenvalue weighted by Gasteiger charge is -2.23. The Balaban J connectivity index is 2.38. The molecule has 0 N–H and O–H groups in total. The Bertz CT molecular complexity index is 214. The van der Waals surface area contributed by atoms with Crippen LogP contribution in [-0.2, 0) is 14.3 Å². The molecule has 1 fully saturated rings. The number of ketones is 1. The van der Waals surface area contributed by atoms with Crippen molar-refractivity contribution in [1.82, 2.24) is 0 Å². The minimum absolute atomic E-state index is 0.0877. The van der Waals surface area contributed by atoms with Crippen LogP contribution in [-0.4, -0.2) is 17.4 Å². The van der Waals surface area contributed by atoms with Gasteiger partial charge in [0.1, 0.15) is 17.8 Å². The van der Waals surface area contributed by atoms with Crippen LogP contribution in [0.15, 0.2) is 0 Å². The summed E-state index contributed by atoms with van der Waals surface area (Å²) in [6.07, 6.45) is 4.00. The Kier molecular flexibility index (Phi) is 3.07. The molecule has 3 nitrogen and oxygen atoms in total. The van der Waals surface area contributed by atoms with Gasteiger partial charge in [-0.2, -0.15) is 0 Å². The van der Waals surface area contributed by atoms with Crippen molar-refractivity contribution in [2.75, 3.05) is 0 Å². The molecule has 0 amide bonds. The molecule has 0 aromatic heterocycles. The Hall–Kier alpha value is -0.860. The molecular weight excluding hydrogens is 168 g/mol. The van der Waals surface area contributed by atoms with Crippen molar-refractivity contribution in [2.24, 2.45) is 0 Å². The number of ether oxygens (including phenoxy) is 1. The third-order valence-electron chi connectivity index (χ3n) is 2.41. The predicted molar refractivity (Wildman–Crippen MR) is 48.3 cm³/mol. The number of rotatable bonds is 3. The number of esters is 1. The van der Waals surface area contributed by atoms with Gasteiger partial charge in [-0.05, 0) is 39.5 Å². The van der Waals surface area contributed by atoms with E-state index in [4.69, 9.17) is 4.74 Å². The number of carbonyl (C=O) groups excluding carboxylic acids is 2. The zero-order valence-corrected chi connectivity index (χ0v) is 8.26. The van der Waals surface area contributed by atoms with Crippen LogP contribution in [0.3, 0.4) is 0 Å². The van der Waals surface area contributed by atoms with Crippen molar-refractivity contribution < 1.29 is 14.3 Å². The molecule has 0 aromatic rings. The van der Waals surface area contributed by atoms with Crippen LogP contribution >= 0.6 is 0 Å². The highest BCUT2D eigenvalue weighted by molar-refractivity contribution is 5.94. The first kappa shape index (κ1) is 10.2. The number of carbonyl (C=O) groups is 2. The minimum atomic E-state index is -0.378. The smallest absolute Gasteiger partial charge is 0.313 e. The second-order valence-corrected chi connectivity index (χ2v) is 4.01. The summed E-state index contributed by atoms with van der Waals surface area (Å²) in [5, 5.41) is 0. The molecule has 0 aliphatic heterocycles. The lowest BCUT2D eigenvalue weighted by molar-refractivity contribution is -0.158. The molecule has 0 saturated heterocycles. The molecule has 0 unspecified atom stereocenters. The summed E-state index contributed by atoms with van der Waals surface area (Å²) < 4.78 is 5.25. The van der Waals surface area contributed by atoms with Gasteiger partial charge < -0.3 is 4.74 Å². The van der Waals surface area contributed by atoms with Crippen LogP contribution in [0.1, 0.15) is 46.0 Å². The van der Waals surface area contributed by atoms with Gasteiger partial charge in [0.05, 0.1) is 0 Å². The van der Waals surface area contributed by atoms with Crippen LogP contribution < -0.4 is 0 Å². The van der Waals surface area contributed by atoms with Gasteiger partial charge in [-0.3, -0.25) is 9.59 Å². The normalized spacial score (nSPS) is 19.8. The van der Waals surface area contributed by atoms with Gasteiger partial charge in [0.2, 0.25) is 0 Å². The van der Waals surface area contributed by atoms with E-state index in [1.807, 2.05) is 6.92 Å². The van der Waals surface area contributed by atoms with Crippen LogP contribution in [0.5, 0.6) is 0 Å². The van der Waals surface area contributed by atoms with E-state index >= 15 is 0 Å². The van der Waals surface area contributed by atoms with E-state index < -0.39 is 0 Å². The van der Waals surface area contributed by atoms with Gasteiger partial charge in [0.15, 0.2) is 0 Å². The van der Waals surface area contributed by atoms with E-state index in [1.165, 1.54) is 6.92 Å². The summed E-state index contributed by atoms with van der Waals surface area (Å²) in [5.41, 5.74) is -0.299. The fourth-order valence-electron chi connectivity index (χ4n) is 1.74. The van der Waals surface area contributed by atoms with Gasteiger partial charge in [0, 0.05) is 0 Å². The maximum atomic E-state index is 11.2. The van der Waals surface area contributed by atoms with E-state index in [2.05, 4.69) is 0 Å². The molecule has 0 atom stereocenters. The van der Waals surface area contributed by atoms with Crippen molar-refractivity contribution in [3.63, 3.8) is 0 Å². The van der Waals surface area contributed by atoms with Crippen molar-refractivity contribution in [3.05, 3.63) is 0 Å². The Labute approximate surface area is 78.5 Å². The second kappa shape index (κ2) is 3.90. The first-order valence-electron chi connectivity index (χ1n) is 4.73. The number of Topliss-reactive ketones (excluding diaryl/α,β-unsaturated/α-hetero) is 1. The van der Waals surface area contributed by atoms with Gasteiger partial charge in [-0.25, -0.2) is 0 Å². The van der Waals surface area contributed by atoms with Crippen molar-refractivity contribution in [3.8, 4) is 0 Å². The van der Waals surface area contributed by atoms with Crippen LogP contribution in [0.4, 0.5) is 0 Å². The standard InChI is InChI=1S/C10H16O3/c1-8(11)7-9(12)13-10(2)5-3-4-6-10/h3-7H2,1-2H3. The molecule has 1 saturated carbocycles. The molecule has 1 aliphatic carbocycles. The molecule has 1 rings (SSSR count). The predicted octanol–water partition coefficient (Wildman–Crippen LogP) is 1.84. The second-order valence-electron chi connectivity index (χ2n) is 4.01. The third-order valence-corrected chi connectivity index (χ3v) is 2.41. The monoisotopic (exact) mass is 184 g/mol. The quantitative estimate of drug-likeness (QED) is 0.496. The molecule has 0 spiro atoms. The molecule has 0 bridgehead atoms. The number of hydrogen-bond acceptors (Lipinski definition) is 3. The van der Waals surface area contributed by atoms with Crippen LogP contribution in [0.25, 0.3) is 0 Å². The molecule has 3 heteroatoms. The first-order valence-corrected chi connectivity index (χ1v) is 4.73. The molecule has 74 valence electrons. The maximum Gasteiger partial charge on any atom is 0.313 e. The summed E-state index contributed by atoms with van der Waals surface area (Å²) in [6, 6.07) is 0. The zero-order chi connectivity index (χ0) is 9.90. The summed E-state index contributed by atoms with van der Waals surface area (Å²) in [6.45, 7) is 3.34. The number of hydrogen-bond donors (Lipinski definition) is 0. The molecule has 0 aromatic carbocycles. The van der Waals surface area contributed by atoms with Gasteiger partial charge in [0.25, 0.3) is 0 Å². The van der Waals surface area contributed by atoms with Gasteiger partial charge >= 0.3 is 5.97 Å². The van der Waals surface area contributed by atoms with E-state index in [-0.39, 0.29) is 23.8 Å². The maximum absolute atomic E-state index is 11.2. The molecule has 0 heterocycles. The minimum Gasteiger partial charge on any atom is -0.459 e. The summed E-state index contributed by atoms with van der Waals surface area (Å²) >= 11 is 0. The topological polar surface area (TPSA) is 43.4 Å². The molecule has 0 radical (unpaired) electrons. The van der Waals surface area contributed by atoms with Crippen molar-refractivity contribution in [2.45, 2.75) is 51.6 Å². The van der Waals surface area contributed by atoms with Gasteiger partial charge in [-0.15, -0.1) is 0 Å². The fourth-order valence-corrected chi connectivity index (χ4v) is 1.74. The zero-order valence-electron chi connectivity index (χ0n) is 8.26.